The first kappa shape index (κ1) is 11.6. The van der Waals surface area contributed by atoms with Gasteiger partial charge in [-0.3, -0.25) is 0 Å². The first-order valence-electron chi connectivity index (χ1n) is 5.53. The van der Waals surface area contributed by atoms with Crippen LogP contribution in [-0.4, -0.2) is 13.1 Å². The third kappa shape index (κ3) is 2.81. The van der Waals surface area contributed by atoms with Crippen LogP contribution < -0.4 is 11.1 Å². The predicted octanol–water partition coefficient (Wildman–Crippen LogP) is 2.83. The SMILES string of the molecule is NCCCNC1CCCc2sc(Br)cc21. The van der Waals surface area contributed by atoms with Crippen molar-refractivity contribution in [3.8, 4) is 0 Å². The maximum Gasteiger partial charge on any atom is 0.0704 e. The minimum atomic E-state index is 0.558. The lowest BCUT2D eigenvalue weighted by molar-refractivity contribution is 0.461. The van der Waals surface area contributed by atoms with Crippen molar-refractivity contribution in [2.75, 3.05) is 13.1 Å². The van der Waals surface area contributed by atoms with E-state index in [1.165, 1.54) is 28.6 Å². The van der Waals surface area contributed by atoms with E-state index in [1.807, 2.05) is 11.3 Å². The van der Waals surface area contributed by atoms with Crippen LogP contribution in [0.5, 0.6) is 0 Å². The fourth-order valence-corrected chi connectivity index (χ4v) is 3.93. The van der Waals surface area contributed by atoms with E-state index >= 15 is 0 Å². The fraction of sp³-hybridized carbons (Fsp3) is 0.636. The van der Waals surface area contributed by atoms with Gasteiger partial charge < -0.3 is 11.1 Å². The van der Waals surface area contributed by atoms with Gasteiger partial charge in [-0.05, 0) is 66.3 Å². The van der Waals surface area contributed by atoms with Crippen molar-refractivity contribution in [3.63, 3.8) is 0 Å². The van der Waals surface area contributed by atoms with Crippen LogP contribution >= 0.6 is 27.3 Å². The number of fused-ring (bicyclic) bond motifs is 1. The summed E-state index contributed by atoms with van der Waals surface area (Å²) in [4.78, 5) is 1.55. The zero-order valence-corrected chi connectivity index (χ0v) is 11.2. The fourth-order valence-electron chi connectivity index (χ4n) is 2.11. The number of hydrogen-bond acceptors (Lipinski definition) is 3. The van der Waals surface area contributed by atoms with Gasteiger partial charge in [-0.25, -0.2) is 0 Å². The average molecular weight is 289 g/mol. The molecule has 2 nitrogen and oxygen atoms in total. The summed E-state index contributed by atoms with van der Waals surface area (Å²) in [6.45, 7) is 1.81. The molecule has 0 saturated heterocycles. The molecule has 0 fully saturated rings. The number of halogens is 1. The van der Waals surface area contributed by atoms with E-state index in [-0.39, 0.29) is 0 Å². The van der Waals surface area contributed by atoms with Crippen molar-refractivity contribution in [3.05, 3.63) is 20.3 Å². The van der Waals surface area contributed by atoms with Crippen LogP contribution in [0, 0.1) is 0 Å². The summed E-state index contributed by atoms with van der Waals surface area (Å²) < 4.78 is 1.26. The molecular formula is C11H17BrN2S. The van der Waals surface area contributed by atoms with Gasteiger partial charge in [0.15, 0.2) is 0 Å². The molecule has 3 N–H and O–H groups in total. The number of hydrogen-bond donors (Lipinski definition) is 2. The molecule has 1 atom stereocenters. The van der Waals surface area contributed by atoms with Crippen molar-refractivity contribution in [1.29, 1.82) is 0 Å². The Morgan fingerprint density at radius 1 is 1.60 bits per heavy atom. The van der Waals surface area contributed by atoms with Gasteiger partial charge in [-0.1, -0.05) is 0 Å². The molecule has 0 spiro atoms. The minimum absolute atomic E-state index is 0.558. The number of nitrogens with one attached hydrogen (secondary N) is 1. The van der Waals surface area contributed by atoms with E-state index in [4.69, 9.17) is 5.73 Å². The Morgan fingerprint density at radius 2 is 2.47 bits per heavy atom. The second-order valence-electron chi connectivity index (χ2n) is 3.97. The maximum absolute atomic E-state index is 5.50. The van der Waals surface area contributed by atoms with Crippen LogP contribution in [0.2, 0.25) is 0 Å². The molecule has 2 rings (SSSR count). The van der Waals surface area contributed by atoms with E-state index in [0.717, 1.165) is 19.5 Å². The second kappa shape index (κ2) is 5.43. The first-order chi connectivity index (χ1) is 7.31. The Morgan fingerprint density at radius 3 is 3.27 bits per heavy atom. The molecule has 1 heterocycles. The molecule has 1 aliphatic carbocycles. The molecule has 1 unspecified atom stereocenters. The van der Waals surface area contributed by atoms with E-state index in [9.17, 15) is 0 Å². The summed E-state index contributed by atoms with van der Waals surface area (Å²) in [5.74, 6) is 0. The van der Waals surface area contributed by atoms with Crippen molar-refractivity contribution in [2.24, 2.45) is 5.73 Å². The Hall–Kier alpha value is 0.100. The van der Waals surface area contributed by atoms with Gasteiger partial charge >= 0.3 is 0 Å². The van der Waals surface area contributed by atoms with Crippen LogP contribution in [0.3, 0.4) is 0 Å². The molecule has 1 aliphatic rings. The number of aryl methyl sites for hydroxylation is 1. The lowest BCUT2D eigenvalue weighted by atomic mass is 9.94. The largest absolute Gasteiger partial charge is 0.330 e. The zero-order valence-electron chi connectivity index (χ0n) is 8.76. The van der Waals surface area contributed by atoms with Gasteiger partial charge in [0.05, 0.1) is 3.79 Å². The predicted molar refractivity (Wildman–Crippen MR) is 69.4 cm³/mol. The highest BCUT2D eigenvalue weighted by atomic mass is 79.9. The smallest absolute Gasteiger partial charge is 0.0704 e. The Kier molecular flexibility index (Phi) is 4.20. The highest BCUT2D eigenvalue weighted by Crippen LogP contribution is 2.37. The Balaban J connectivity index is 2.01. The maximum atomic E-state index is 5.50. The normalized spacial score (nSPS) is 20.3. The Labute approximate surface area is 103 Å². The zero-order chi connectivity index (χ0) is 10.7. The molecular weight excluding hydrogens is 272 g/mol. The summed E-state index contributed by atoms with van der Waals surface area (Å²) in [5.41, 5.74) is 7.01. The third-order valence-electron chi connectivity index (χ3n) is 2.86. The minimum Gasteiger partial charge on any atom is -0.330 e. The lowest BCUT2D eigenvalue weighted by Gasteiger charge is -2.23. The number of thiophene rings is 1. The topological polar surface area (TPSA) is 38.0 Å². The van der Waals surface area contributed by atoms with Gasteiger partial charge in [0.25, 0.3) is 0 Å². The van der Waals surface area contributed by atoms with Crippen LogP contribution in [0.25, 0.3) is 0 Å². The van der Waals surface area contributed by atoms with Gasteiger partial charge in [0.1, 0.15) is 0 Å². The molecule has 0 bridgehead atoms. The highest BCUT2D eigenvalue weighted by Gasteiger charge is 2.21. The monoisotopic (exact) mass is 288 g/mol. The van der Waals surface area contributed by atoms with Gasteiger partial charge in [-0.2, -0.15) is 0 Å². The van der Waals surface area contributed by atoms with Gasteiger partial charge in [0.2, 0.25) is 0 Å². The molecule has 1 aromatic rings. The molecule has 4 heteroatoms. The quantitative estimate of drug-likeness (QED) is 0.836. The van der Waals surface area contributed by atoms with Crippen LogP contribution in [0.4, 0.5) is 0 Å². The number of nitrogens with two attached hydrogens (primary N) is 1. The molecule has 0 aromatic carbocycles. The molecule has 1 aromatic heterocycles. The molecule has 0 amide bonds. The number of rotatable bonds is 4. The van der Waals surface area contributed by atoms with E-state index in [2.05, 4.69) is 27.3 Å². The molecule has 0 radical (unpaired) electrons. The molecule has 0 aliphatic heterocycles. The first-order valence-corrected chi connectivity index (χ1v) is 7.14. The average Bonchev–Trinajstić information content (AvgIpc) is 2.59. The summed E-state index contributed by atoms with van der Waals surface area (Å²) >= 11 is 5.46. The molecule has 15 heavy (non-hydrogen) atoms. The van der Waals surface area contributed by atoms with Crippen LogP contribution in [-0.2, 0) is 6.42 Å². The molecule has 0 saturated carbocycles. The second-order valence-corrected chi connectivity index (χ2v) is 6.49. The van der Waals surface area contributed by atoms with Crippen molar-refractivity contribution in [2.45, 2.75) is 31.7 Å². The van der Waals surface area contributed by atoms with E-state index < -0.39 is 0 Å². The standard InChI is InChI=1S/C11H17BrN2S/c12-11-7-8-9(14-6-2-5-13)3-1-4-10(8)15-11/h7,9,14H,1-6,13H2. The third-order valence-corrected chi connectivity index (χ3v) is 4.57. The van der Waals surface area contributed by atoms with E-state index in [1.54, 1.807) is 4.88 Å². The highest BCUT2D eigenvalue weighted by molar-refractivity contribution is 9.11. The van der Waals surface area contributed by atoms with E-state index in [0.29, 0.717) is 6.04 Å². The summed E-state index contributed by atoms with van der Waals surface area (Å²) in [5, 5.41) is 3.60. The summed E-state index contributed by atoms with van der Waals surface area (Å²) in [7, 11) is 0. The molecule has 84 valence electrons. The Bertz CT molecular complexity index is 324. The van der Waals surface area contributed by atoms with Gasteiger partial charge in [0, 0.05) is 10.9 Å². The summed E-state index contributed by atoms with van der Waals surface area (Å²) in [6.07, 6.45) is 4.89. The lowest BCUT2D eigenvalue weighted by Crippen LogP contribution is -2.26. The van der Waals surface area contributed by atoms with Gasteiger partial charge in [-0.15, -0.1) is 11.3 Å². The van der Waals surface area contributed by atoms with Crippen molar-refractivity contribution in [1.82, 2.24) is 5.32 Å². The summed E-state index contributed by atoms with van der Waals surface area (Å²) in [6, 6.07) is 2.84. The van der Waals surface area contributed by atoms with Crippen LogP contribution in [0.15, 0.2) is 9.85 Å². The van der Waals surface area contributed by atoms with Crippen molar-refractivity contribution >= 4 is 27.3 Å². The van der Waals surface area contributed by atoms with Crippen molar-refractivity contribution < 1.29 is 0 Å². The van der Waals surface area contributed by atoms with Crippen LogP contribution in [0.1, 0.15) is 35.7 Å².